The zero-order valence-electron chi connectivity index (χ0n) is 10.9. The van der Waals surface area contributed by atoms with Gasteiger partial charge in [-0.3, -0.25) is 0 Å². The quantitative estimate of drug-likeness (QED) is 0.866. The highest BCUT2D eigenvalue weighted by molar-refractivity contribution is 9.10. The highest BCUT2D eigenvalue weighted by Gasteiger charge is 2.16. The SMILES string of the molecule is CC(C)N(C)CCNS(=O)(=O)c1ccccc1Br. The second-order valence-electron chi connectivity index (χ2n) is 4.40. The Kier molecular flexibility index (Phi) is 5.78. The Morgan fingerprint density at radius 2 is 1.94 bits per heavy atom. The van der Waals surface area contributed by atoms with E-state index >= 15 is 0 Å². The Morgan fingerprint density at radius 1 is 1.33 bits per heavy atom. The van der Waals surface area contributed by atoms with Gasteiger partial charge in [-0.05, 0) is 49.0 Å². The van der Waals surface area contributed by atoms with Gasteiger partial charge in [0.25, 0.3) is 0 Å². The maximum absolute atomic E-state index is 12.0. The molecular formula is C12H19BrN2O2S. The van der Waals surface area contributed by atoms with E-state index in [0.717, 1.165) is 0 Å². The Hall–Kier alpha value is -0.430. The van der Waals surface area contributed by atoms with E-state index in [1.165, 1.54) is 0 Å². The number of hydrogen-bond acceptors (Lipinski definition) is 3. The number of hydrogen-bond donors (Lipinski definition) is 1. The normalized spacial score (nSPS) is 12.3. The van der Waals surface area contributed by atoms with Crippen LogP contribution in [0, 0.1) is 0 Å². The molecule has 0 fully saturated rings. The molecule has 0 aliphatic rings. The third kappa shape index (κ3) is 4.35. The van der Waals surface area contributed by atoms with Crippen LogP contribution in [0.2, 0.25) is 0 Å². The molecule has 0 aliphatic carbocycles. The average Bonchev–Trinajstić information content (AvgIpc) is 2.28. The first-order valence-electron chi connectivity index (χ1n) is 5.79. The van der Waals surface area contributed by atoms with Gasteiger partial charge in [0.15, 0.2) is 0 Å². The third-order valence-electron chi connectivity index (χ3n) is 2.76. The largest absolute Gasteiger partial charge is 0.303 e. The smallest absolute Gasteiger partial charge is 0.241 e. The fraction of sp³-hybridized carbons (Fsp3) is 0.500. The van der Waals surface area contributed by atoms with Crippen LogP contribution in [0.3, 0.4) is 0 Å². The van der Waals surface area contributed by atoms with Crippen LogP contribution in [0.4, 0.5) is 0 Å². The van der Waals surface area contributed by atoms with E-state index in [1.807, 2.05) is 7.05 Å². The minimum Gasteiger partial charge on any atom is -0.303 e. The van der Waals surface area contributed by atoms with Crippen molar-refractivity contribution in [3.63, 3.8) is 0 Å². The maximum Gasteiger partial charge on any atom is 0.241 e. The molecule has 1 rings (SSSR count). The van der Waals surface area contributed by atoms with Crippen LogP contribution in [-0.4, -0.2) is 39.5 Å². The highest BCUT2D eigenvalue weighted by Crippen LogP contribution is 2.20. The average molecular weight is 335 g/mol. The van der Waals surface area contributed by atoms with Crippen molar-refractivity contribution < 1.29 is 8.42 Å². The molecule has 0 atom stereocenters. The van der Waals surface area contributed by atoms with E-state index in [0.29, 0.717) is 23.6 Å². The predicted molar refractivity (Wildman–Crippen MR) is 77.1 cm³/mol. The summed E-state index contributed by atoms with van der Waals surface area (Å²) in [5, 5.41) is 0. The third-order valence-corrected chi connectivity index (χ3v) is 5.24. The molecular weight excluding hydrogens is 316 g/mol. The summed E-state index contributed by atoms with van der Waals surface area (Å²) in [6.45, 7) is 5.23. The van der Waals surface area contributed by atoms with Gasteiger partial charge < -0.3 is 4.90 Å². The van der Waals surface area contributed by atoms with Crippen LogP contribution in [-0.2, 0) is 10.0 Å². The molecule has 18 heavy (non-hydrogen) atoms. The Balaban J connectivity index is 2.64. The molecule has 1 aromatic rings. The first kappa shape index (κ1) is 15.6. The van der Waals surface area contributed by atoms with Gasteiger partial charge in [0.05, 0.1) is 4.90 Å². The van der Waals surface area contributed by atoms with Crippen molar-refractivity contribution in [3.8, 4) is 0 Å². The van der Waals surface area contributed by atoms with Crippen molar-refractivity contribution in [2.45, 2.75) is 24.8 Å². The van der Waals surface area contributed by atoms with Crippen molar-refractivity contribution in [1.82, 2.24) is 9.62 Å². The highest BCUT2D eigenvalue weighted by atomic mass is 79.9. The molecule has 0 aromatic heterocycles. The lowest BCUT2D eigenvalue weighted by atomic mass is 10.3. The van der Waals surface area contributed by atoms with Gasteiger partial charge >= 0.3 is 0 Å². The van der Waals surface area contributed by atoms with Crippen LogP contribution < -0.4 is 4.72 Å². The van der Waals surface area contributed by atoms with Gasteiger partial charge in [-0.1, -0.05) is 12.1 Å². The van der Waals surface area contributed by atoms with E-state index in [4.69, 9.17) is 0 Å². The first-order chi connectivity index (χ1) is 8.34. The Labute approximate surface area is 118 Å². The van der Waals surface area contributed by atoms with Crippen molar-refractivity contribution in [2.24, 2.45) is 0 Å². The molecule has 0 saturated carbocycles. The summed E-state index contributed by atoms with van der Waals surface area (Å²) < 4.78 is 27.3. The lowest BCUT2D eigenvalue weighted by molar-refractivity contribution is 0.278. The summed E-state index contributed by atoms with van der Waals surface area (Å²) >= 11 is 3.25. The van der Waals surface area contributed by atoms with Crippen LogP contribution in [0.25, 0.3) is 0 Å². The molecule has 0 bridgehead atoms. The fourth-order valence-electron chi connectivity index (χ4n) is 1.35. The van der Waals surface area contributed by atoms with Crippen molar-refractivity contribution in [2.75, 3.05) is 20.1 Å². The number of nitrogens with zero attached hydrogens (tertiary/aromatic N) is 1. The van der Waals surface area contributed by atoms with Crippen molar-refractivity contribution in [3.05, 3.63) is 28.7 Å². The molecule has 0 aliphatic heterocycles. The van der Waals surface area contributed by atoms with Crippen LogP contribution in [0.5, 0.6) is 0 Å². The predicted octanol–water partition coefficient (Wildman–Crippen LogP) is 2.07. The zero-order chi connectivity index (χ0) is 13.8. The van der Waals surface area contributed by atoms with Gasteiger partial charge in [-0.25, -0.2) is 13.1 Å². The topological polar surface area (TPSA) is 49.4 Å². The molecule has 0 spiro atoms. The Morgan fingerprint density at radius 3 is 2.50 bits per heavy atom. The van der Waals surface area contributed by atoms with E-state index in [1.54, 1.807) is 24.3 Å². The lowest BCUT2D eigenvalue weighted by Gasteiger charge is -2.20. The van der Waals surface area contributed by atoms with Crippen LogP contribution in [0.15, 0.2) is 33.6 Å². The van der Waals surface area contributed by atoms with E-state index in [9.17, 15) is 8.42 Å². The van der Waals surface area contributed by atoms with Gasteiger partial charge in [0.2, 0.25) is 10.0 Å². The minimum absolute atomic E-state index is 0.275. The standard InChI is InChI=1S/C12H19BrN2O2S/c1-10(2)15(3)9-8-14-18(16,17)12-7-5-4-6-11(12)13/h4-7,10,14H,8-9H2,1-3H3. The van der Waals surface area contributed by atoms with E-state index in [2.05, 4.69) is 39.4 Å². The van der Waals surface area contributed by atoms with Crippen LogP contribution in [0.1, 0.15) is 13.8 Å². The van der Waals surface area contributed by atoms with E-state index in [-0.39, 0.29) is 4.90 Å². The molecule has 0 radical (unpaired) electrons. The summed E-state index contributed by atoms with van der Waals surface area (Å²) in [4.78, 5) is 2.36. The summed E-state index contributed by atoms with van der Waals surface area (Å²) in [5.41, 5.74) is 0. The minimum atomic E-state index is -3.44. The van der Waals surface area contributed by atoms with Gasteiger partial charge in [-0.15, -0.1) is 0 Å². The molecule has 1 N–H and O–H groups in total. The Bertz CT molecular complexity index is 489. The number of likely N-dealkylation sites (N-methyl/N-ethyl adjacent to an activating group) is 1. The summed E-state index contributed by atoms with van der Waals surface area (Å²) in [6.07, 6.45) is 0. The number of sulfonamides is 1. The maximum atomic E-state index is 12.0. The fourth-order valence-corrected chi connectivity index (χ4v) is 3.38. The van der Waals surface area contributed by atoms with Gasteiger partial charge in [0, 0.05) is 23.6 Å². The number of halogens is 1. The second kappa shape index (κ2) is 6.65. The zero-order valence-corrected chi connectivity index (χ0v) is 13.3. The summed E-state index contributed by atoms with van der Waals surface area (Å²) in [5.74, 6) is 0. The molecule has 0 heterocycles. The molecule has 6 heteroatoms. The lowest BCUT2D eigenvalue weighted by Crippen LogP contribution is -2.36. The van der Waals surface area contributed by atoms with E-state index < -0.39 is 10.0 Å². The summed E-state index contributed by atoms with van der Waals surface area (Å²) in [7, 11) is -1.47. The van der Waals surface area contributed by atoms with Gasteiger partial charge in [-0.2, -0.15) is 0 Å². The summed E-state index contributed by atoms with van der Waals surface area (Å²) in [6, 6.07) is 7.20. The van der Waals surface area contributed by atoms with Gasteiger partial charge in [0.1, 0.15) is 0 Å². The molecule has 0 amide bonds. The molecule has 4 nitrogen and oxygen atoms in total. The molecule has 1 aromatic carbocycles. The number of benzene rings is 1. The molecule has 0 unspecified atom stereocenters. The first-order valence-corrected chi connectivity index (χ1v) is 8.06. The molecule has 102 valence electrons. The monoisotopic (exact) mass is 334 g/mol. The number of nitrogens with one attached hydrogen (secondary N) is 1. The van der Waals surface area contributed by atoms with Crippen molar-refractivity contribution in [1.29, 1.82) is 0 Å². The number of rotatable bonds is 6. The second-order valence-corrected chi connectivity index (χ2v) is 6.99. The van der Waals surface area contributed by atoms with Crippen molar-refractivity contribution >= 4 is 26.0 Å². The van der Waals surface area contributed by atoms with Crippen LogP contribution >= 0.6 is 15.9 Å². The molecule has 0 saturated heterocycles.